The van der Waals surface area contributed by atoms with E-state index in [1.807, 2.05) is 21.9 Å². The number of piperazine rings is 1. The molecule has 1 N–H and O–H groups in total. The smallest absolute Gasteiger partial charge is 0.307 e. The Morgan fingerprint density at radius 1 is 1.15 bits per heavy atom. The van der Waals surface area contributed by atoms with Gasteiger partial charge in [0.15, 0.2) is 0 Å². The lowest BCUT2D eigenvalue weighted by molar-refractivity contribution is -0.151. The molecule has 4 rings (SSSR count). The monoisotopic (exact) mass is 372 g/mol. The number of amides is 1. The molecule has 0 radical (unpaired) electrons. The molecule has 146 valence electrons. The summed E-state index contributed by atoms with van der Waals surface area (Å²) in [6, 6.07) is 0. The molecule has 27 heavy (non-hydrogen) atoms. The molecule has 2 aliphatic carbocycles. The highest BCUT2D eigenvalue weighted by atomic mass is 16.4. The summed E-state index contributed by atoms with van der Waals surface area (Å²) >= 11 is 0. The molecule has 2 heterocycles. The molecule has 2 fully saturated rings. The Morgan fingerprint density at radius 3 is 2.41 bits per heavy atom. The zero-order valence-corrected chi connectivity index (χ0v) is 16.0. The second-order valence-electron chi connectivity index (χ2n) is 8.01. The Kier molecular flexibility index (Phi) is 4.80. The van der Waals surface area contributed by atoms with Crippen LogP contribution in [0, 0.1) is 30.6 Å². The summed E-state index contributed by atoms with van der Waals surface area (Å²) < 4.78 is 2.00. The van der Waals surface area contributed by atoms with Crippen LogP contribution >= 0.6 is 0 Å². The van der Waals surface area contributed by atoms with E-state index in [1.165, 1.54) is 11.3 Å². The first-order chi connectivity index (χ1) is 13.0. The fraction of sp³-hybridized carbons (Fsp3) is 0.650. The maximum absolute atomic E-state index is 13.1. The van der Waals surface area contributed by atoms with Crippen molar-refractivity contribution in [2.75, 3.05) is 26.2 Å². The van der Waals surface area contributed by atoms with E-state index in [9.17, 15) is 14.7 Å². The summed E-state index contributed by atoms with van der Waals surface area (Å²) in [5.74, 6) is -1.59. The summed E-state index contributed by atoms with van der Waals surface area (Å²) in [5.41, 5.74) is 2.44. The predicted octanol–water partition coefficient (Wildman–Crippen LogP) is 1.38. The van der Waals surface area contributed by atoms with Gasteiger partial charge in [-0.25, -0.2) is 0 Å². The van der Waals surface area contributed by atoms with Crippen LogP contribution in [0.4, 0.5) is 0 Å². The number of rotatable bonds is 5. The highest BCUT2D eigenvalue weighted by Gasteiger charge is 2.52. The molecule has 4 atom stereocenters. The Morgan fingerprint density at radius 2 is 1.81 bits per heavy atom. The largest absolute Gasteiger partial charge is 0.481 e. The number of carbonyl (C=O) groups excluding carboxylic acids is 1. The van der Waals surface area contributed by atoms with Crippen molar-refractivity contribution in [1.82, 2.24) is 19.6 Å². The molecule has 7 heteroatoms. The lowest BCUT2D eigenvalue weighted by Crippen LogP contribution is -2.52. The van der Waals surface area contributed by atoms with Gasteiger partial charge in [0.25, 0.3) is 0 Å². The van der Waals surface area contributed by atoms with E-state index in [2.05, 4.69) is 29.9 Å². The van der Waals surface area contributed by atoms with Crippen molar-refractivity contribution in [3.63, 3.8) is 0 Å². The third-order valence-electron chi connectivity index (χ3n) is 6.61. The van der Waals surface area contributed by atoms with Crippen molar-refractivity contribution in [2.45, 2.75) is 33.4 Å². The van der Waals surface area contributed by atoms with E-state index in [1.54, 1.807) is 0 Å². The molecule has 1 saturated carbocycles. The average Bonchev–Trinajstić information content (AvgIpc) is 3.37. The maximum atomic E-state index is 13.1. The highest BCUT2D eigenvalue weighted by Crippen LogP contribution is 2.48. The van der Waals surface area contributed by atoms with Gasteiger partial charge in [0.05, 0.1) is 18.0 Å². The number of aliphatic carboxylic acids is 1. The number of allylic oxidation sites excluding steroid dienone is 2. The molecule has 0 aromatic carbocycles. The van der Waals surface area contributed by atoms with E-state index < -0.39 is 11.9 Å². The van der Waals surface area contributed by atoms with E-state index >= 15 is 0 Å². The summed E-state index contributed by atoms with van der Waals surface area (Å²) in [5, 5.41) is 14.0. The predicted molar refractivity (Wildman–Crippen MR) is 99.8 cm³/mol. The topological polar surface area (TPSA) is 78.7 Å². The number of hydrogen-bond donors (Lipinski definition) is 1. The van der Waals surface area contributed by atoms with Crippen LogP contribution in [0.1, 0.15) is 24.6 Å². The summed E-state index contributed by atoms with van der Waals surface area (Å²) in [6.07, 6.45) is 6.80. The normalized spacial score (nSPS) is 30.2. The molecule has 7 nitrogen and oxygen atoms in total. The molecule has 0 unspecified atom stereocenters. The lowest BCUT2D eigenvalue weighted by Gasteiger charge is -2.37. The zero-order chi connectivity index (χ0) is 19.1. The van der Waals surface area contributed by atoms with E-state index in [0.717, 1.165) is 32.6 Å². The molecule has 1 aromatic heterocycles. The molecule has 2 bridgehead atoms. The first-order valence-corrected chi connectivity index (χ1v) is 9.93. The summed E-state index contributed by atoms with van der Waals surface area (Å²) in [4.78, 5) is 29.0. The second kappa shape index (κ2) is 7.11. The van der Waals surface area contributed by atoms with E-state index in [0.29, 0.717) is 13.1 Å². The van der Waals surface area contributed by atoms with Crippen LogP contribution < -0.4 is 0 Å². The standard InChI is InChI=1S/C20H28N4O3/c1-3-24-13(2)16(11-21-24)12-22-6-8-23(9-7-22)19(25)17-14-4-5-15(10-14)18(17)20(26)27/h4-5,11,14-15,17-18H,3,6-10,12H2,1-2H3,(H,26,27)/t14-,15-,17-,18+/m0/s1. The van der Waals surface area contributed by atoms with Crippen molar-refractivity contribution in [1.29, 1.82) is 0 Å². The van der Waals surface area contributed by atoms with Gasteiger partial charge in [-0.1, -0.05) is 12.2 Å². The number of hydrogen-bond acceptors (Lipinski definition) is 4. The number of fused-ring (bicyclic) bond motifs is 2. The zero-order valence-electron chi connectivity index (χ0n) is 16.0. The van der Waals surface area contributed by atoms with Crippen LogP contribution in [0.25, 0.3) is 0 Å². The van der Waals surface area contributed by atoms with E-state index in [-0.39, 0.29) is 23.7 Å². The lowest BCUT2D eigenvalue weighted by atomic mass is 9.82. The fourth-order valence-electron chi connectivity index (χ4n) is 5.03. The van der Waals surface area contributed by atoms with Gasteiger partial charge in [0.1, 0.15) is 0 Å². The molecular weight excluding hydrogens is 344 g/mol. The van der Waals surface area contributed by atoms with Crippen LogP contribution in [0.3, 0.4) is 0 Å². The molecule has 0 spiro atoms. The number of carboxylic acid groups (broad SMARTS) is 1. The summed E-state index contributed by atoms with van der Waals surface area (Å²) in [7, 11) is 0. The van der Waals surface area contributed by atoms with Gasteiger partial charge in [0.2, 0.25) is 5.91 Å². The van der Waals surface area contributed by atoms with Crippen molar-refractivity contribution < 1.29 is 14.7 Å². The van der Waals surface area contributed by atoms with Crippen molar-refractivity contribution in [2.24, 2.45) is 23.7 Å². The van der Waals surface area contributed by atoms with E-state index in [4.69, 9.17) is 0 Å². The van der Waals surface area contributed by atoms with Crippen LogP contribution in [0.5, 0.6) is 0 Å². The van der Waals surface area contributed by atoms with Crippen LogP contribution in [-0.2, 0) is 22.7 Å². The quantitative estimate of drug-likeness (QED) is 0.790. The third kappa shape index (κ3) is 3.18. The molecule has 1 amide bonds. The van der Waals surface area contributed by atoms with Gasteiger partial charge < -0.3 is 10.0 Å². The van der Waals surface area contributed by atoms with Gasteiger partial charge in [-0.3, -0.25) is 19.2 Å². The Hall–Kier alpha value is -2.15. The Labute approximate surface area is 159 Å². The summed E-state index contributed by atoms with van der Waals surface area (Å²) in [6.45, 7) is 8.88. The minimum atomic E-state index is -0.827. The number of aromatic nitrogens is 2. The Balaban J connectivity index is 1.36. The minimum Gasteiger partial charge on any atom is -0.481 e. The van der Waals surface area contributed by atoms with Gasteiger partial charge >= 0.3 is 5.97 Å². The van der Waals surface area contributed by atoms with Crippen molar-refractivity contribution in [3.8, 4) is 0 Å². The average molecular weight is 372 g/mol. The molecule has 1 aliphatic heterocycles. The van der Waals surface area contributed by atoms with Crippen molar-refractivity contribution >= 4 is 11.9 Å². The van der Waals surface area contributed by atoms with Gasteiger partial charge in [-0.2, -0.15) is 5.10 Å². The molecule has 3 aliphatic rings. The second-order valence-corrected chi connectivity index (χ2v) is 8.01. The molecule has 1 saturated heterocycles. The van der Waals surface area contributed by atoms with Crippen LogP contribution in [-0.4, -0.2) is 62.7 Å². The number of carboxylic acids is 1. The minimum absolute atomic E-state index is 0.0285. The first kappa shape index (κ1) is 18.2. The van der Waals surface area contributed by atoms with Crippen LogP contribution in [0.2, 0.25) is 0 Å². The maximum Gasteiger partial charge on any atom is 0.307 e. The van der Waals surface area contributed by atoms with Gasteiger partial charge in [0, 0.05) is 50.5 Å². The number of nitrogens with zero attached hydrogens (tertiary/aromatic N) is 4. The van der Waals surface area contributed by atoms with Crippen molar-refractivity contribution in [3.05, 3.63) is 29.6 Å². The highest BCUT2D eigenvalue weighted by molar-refractivity contribution is 5.87. The van der Waals surface area contributed by atoms with Gasteiger partial charge in [-0.05, 0) is 32.1 Å². The SMILES string of the molecule is CCn1ncc(CN2CCN(C(=O)[C@@H]3[C@H](C(=O)O)[C@H]4C=C[C@H]3C4)CC2)c1C. The first-order valence-electron chi connectivity index (χ1n) is 9.93. The third-order valence-corrected chi connectivity index (χ3v) is 6.61. The van der Waals surface area contributed by atoms with Gasteiger partial charge in [-0.15, -0.1) is 0 Å². The number of carbonyl (C=O) groups is 2. The molecular formula is C20H28N4O3. The fourth-order valence-corrected chi connectivity index (χ4v) is 5.03. The number of aryl methyl sites for hydroxylation is 1. The van der Waals surface area contributed by atoms with Crippen LogP contribution in [0.15, 0.2) is 18.3 Å². The molecule has 1 aromatic rings. The Bertz CT molecular complexity index is 763.